The van der Waals surface area contributed by atoms with E-state index in [1.165, 1.54) is 29.5 Å². The van der Waals surface area contributed by atoms with Crippen LogP contribution in [0.4, 0.5) is 10.1 Å². The fraction of sp³-hybridized carbons (Fsp3) is 0.0667. The predicted molar refractivity (Wildman–Crippen MR) is 80.1 cm³/mol. The van der Waals surface area contributed by atoms with Crippen LogP contribution in [0.25, 0.3) is 6.08 Å². The molecule has 1 aromatic carbocycles. The fourth-order valence-corrected chi connectivity index (χ4v) is 2.51. The molecule has 0 spiro atoms. The second kappa shape index (κ2) is 6.32. The second-order valence-electron chi connectivity index (χ2n) is 4.30. The molecule has 0 aliphatic rings. The molecule has 0 unspecified atom stereocenters. The largest absolute Gasteiger partial charge is 0.478 e. The Balaban J connectivity index is 2.16. The molecule has 0 aliphatic heterocycles. The van der Waals surface area contributed by atoms with E-state index in [0.29, 0.717) is 10.4 Å². The zero-order valence-corrected chi connectivity index (χ0v) is 11.9. The van der Waals surface area contributed by atoms with E-state index in [-0.39, 0.29) is 11.6 Å². The highest BCUT2D eigenvalue weighted by Gasteiger charge is 2.12. The van der Waals surface area contributed by atoms with Gasteiger partial charge >= 0.3 is 5.97 Å². The summed E-state index contributed by atoms with van der Waals surface area (Å²) in [5.74, 6) is -2.10. The van der Waals surface area contributed by atoms with Gasteiger partial charge in [-0.05, 0) is 47.7 Å². The Kier molecular flexibility index (Phi) is 4.49. The minimum absolute atomic E-state index is 0.0558. The summed E-state index contributed by atoms with van der Waals surface area (Å²) in [6, 6.07) is 5.91. The van der Waals surface area contributed by atoms with E-state index >= 15 is 0 Å². The third-order valence-electron chi connectivity index (χ3n) is 2.73. The first kappa shape index (κ1) is 14.9. The fourth-order valence-electron chi connectivity index (χ4n) is 1.69. The number of carbonyl (C=O) groups excluding carboxylic acids is 1. The van der Waals surface area contributed by atoms with Crippen LogP contribution >= 0.6 is 11.3 Å². The third-order valence-corrected chi connectivity index (χ3v) is 3.74. The van der Waals surface area contributed by atoms with Crippen LogP contribution in [0.15, 0.2) is 35.7 Å². The number of amides is 1. The lowest BCUT2D eigenvalue weighted by atomic mass is 10.1. The van der Waals surface area contributed by atoms with Gasteiger partial charge in [-0.15, -0.1) is 11.3 Å². The number of anilines is 1. The van der Waals surface area contributed by atoms with E-state index in [2.05, 4.69) is 5.32 Å². The summed E-state index contributed by atoms with van der Waals surface area (Å²) in [6.45, 7) is 1.81. The molecule has 1 aromatic heterocycles. The van der Waals surface area contributed by atoms with Crippen molar-refractivity contribution in [2.75, 3.05) is 5.32 Å². The van der Waals surface area contributed by atoms with E-state index < -0.39 is 11.8 Å². The number of hydrogen-bond donors (Lipinski definition) is 2. The summed E-state index contributed by atoms with van der Waals surface area (Å²) >= 11 is 1.29. The summed E-state index contributed by atoms with van der Waals surface area (Å²) in [4.78, 5) is 22.9. The Morgan fingerprint density at radius 1 is 1.33 bits per heavy atom. The molecule has 1 heterocycles. The number of aryl methyl sites for hydroxylation is 1. The molecule has 0 saturated carbocycles. The number of carboxylic acid groups (broad SMARTS) is 1. The van der Waals surface area contributed by atoms with E-state index in [1.54, 1.807) is 5.38 Å². The molecule has 2 rings (SSSR count). The molecule has 0 saturated heterocycles. The van der Waals surface area contributed by atoms with E-state index in [9.17, 15) is 14.0 Å². The average Bonchev–Trinajstić information content (AvgIpc) is 2.85. The number of halogens is 1. The molecule has 0 bridgehead atoms. The van der Waals surface area contributed by atoms with Crippen molar-refractivity contribution in [3.8, 4) is 0 Å². The number of hydrogen-bond acceptors (Lipinski definition) is 3. The standard InChI is InChI=1S/C15H12FNO3S/c1-9-6-7-21-14(9)15(20)17-12-4-2-10(8-11(12)16)3-5-13(18)19/h2-8H,1H3,(H,17,20)(H,18,19). The lowest BCUT2D eigenvalue weighted by Crippen LogP contribution is -2.12. The van der Waals surface area contributed by atoms with Gasteiger partial charge in [0.05, 0.1) is 10.6 Å². The Bertz CT molecular complexity index is 721. The molecule has 0 fully saturated rings. The van der Waals surface area contributed by atoms with Crippen LogP contribution < -0.4 is 5.32 Å². The smallest absolute Gasteiger partial charge is 0.328 e. The van der Waals surface area contributed by atoms with Crippen molar-refractivity contribution in [2.45, 2.75) is 6.92 Å². The van der Waals surface area contributed by atoms with Gasteiger partial charge in [0.25, 0.3) is 5.91 Å². The van der Waals surface area contributed by atoms with Gasteiger partial charge in [0.2, 0.25) is 0 Å². The monoisotopic (exact) mass is 305 g/mol. The summed E-state index contributed by atoms with van der Waals surface area (Å²) < 4.78 is 13.9. The maximum atomic E-state index is 13.9. The lowest BCUT2D eigenvalue weighted by Gasteiger charge is -2.06. The molecule has 6 heteroatoms. The van der Waals surface area contributed by atoms with Crippen molar-refractivity contribution in [2.24, 2.45) is 0 Å². The lowest BCUT2D eigenvalue weighted by molar-refractivity contribution is -0.131. The van der Waals surface area contributed by atoms with Gasteiger partial charge in [-0.25, -0.2) is 9.18 Å². The van der Waals surface area contributed by atoms with Gasteiger partial charge in [-0.2, -0.15) is 0 Å². The van der Waals surface area contributed by atoms with Crippen LogP contribution in [-0.4, -0.2) is 17.0 Å². The Labute approximate surface area is 124 Å². The molecule has 2 N–H and O–H groups in total. The van der Waals surface area contributed by atoms with E-state index in [1.807, 2.05) is 13.0 Å². The van der Waals surface area contributed by atoms with Gasteiger partial charge in [-0.3, -0.25) is 4.79 Å². The highest BCUT2D eigenvalue weighted by molar-refractivity contribution is 7.12. The van der Waals surface area contributed by atoms with Gasteiger partial charge in [0, 0.05) is 6.08 Å². The van der Waals surface area contributed by atoms with Gasteiger partial charge in [0.1, 0.15) is 5.82 Å². The number of carbonyl (C=O) groups is 2. The Morgan fingerprint density at radius 3 is 2.67 bits per heavy atom. The van der Waals surface area contributed by atoms with Crippen molar-refractivity contribution < 1.29 is 19.1 Å². The molecule has 21 heavy (non-hydrogen) atoms. The third kappa shape index (κ3) is 3.76. The van der Waals surface area contributed by atoms with Crippen molar-refractivity contribution in [3.63, 3.8) is 0 Å². The molecule has 0 atom stereocenters. The molecule has 4 nitrogen and oxygen atoms in total. The predicted octanol–water partition coefficient (Wildman–Crippen LogP) is 3.55. The average molecular weight is 305 g/mol. The van der Waals surface area contributed by atoms with Crippen LogP contribution in [0, 0.1) is 12.7 Å². The van der Waals surface area contributed by atoms with Crippen LogP contribution in [0.3, 0.4) is 0 Å². The van der Waals surface area contributed by atoms with Crippen LogP contribution in [-0.2, 0) is 4.79 Å². The minimum atomic E-state index is -1.11. The summed E-state index contributed by atoms with van der Waals surface area (Å²) in [5, 5.41) is 12.8. The second-order valence-corrected chi connectivity index (χ2v) is 5.21. The molecular weight excluding hydrogens is 293 g/mol. The maximum absolute atomic E-state index is 13.9. The molecule has 0 aliphatic carbocycles. The van der Waals surface area contributed by atoms with Crippen molar-refractivity contribution in [1.29, 1.82) is 0 Å². The number of rotatable bonds is 4. The van der Waals surface area contributed by atoms with Crippen LogP contribution in [0.5, 0.6) is 0 Å². The number of nitrogens with one attached hydrogen (secondary N) is 1. The zero-order valence-electron chi connectivity index (χ0n) is 11.1. The molecule has 108 valence electrons. The first-order valence-electron chi connectivity index (χ1n) is 6.03. The van der Waals surface area contributed by atoms with Gasteiger partial charge in [-0.1, -0.05) is 6.07 Å². The van der Waals surface area contributed by atoms with E-state index in [0.717, 1.165) is 17.7 Å². The number of aliphatic carboxylic acids is 1. The first-order valence-corrected chi connectivity index (χ1v) is 6.91. The highest BCUT2D eigenvalue weighted by Crippen LogP contribution is 2.21. The minimum Gasteiger partial charge on any atom is -0.478 e. The first-order chi connectivity index (χ1) is 9.97. The number of carboxylic acids is 1. The summed E-state index contributed by atoms with van der Waals surface area (Å²) in [7, 11) is 0. The zero-order chi connectivity index (χ0) is 15.4. The summed E-state index contributed by atoms with van der Waals surface area (Å²) in [5.41, 5.74) is 1.29. The molecule has 1 amide bonds. The quantitative estimate of drug-likeness (QED) is 0.849. The van der Waals surface area contributed by atoms with E-state index in [4.69, 9.17) is 5.11 Å². The number of thiophene rings is 1. The van der Waals surface area contributed by atoms with Crippen LogP contribution in [0.1, 0.15) is 20.8 Å². The van der Waals surface area contributed by atoms with Crippen molar-refractivity contribution in [3.05, 3.63) is 57.5 Å². The van der Waals surface area contributed by atoms with Gasteiger partial charge < -0.3 is 10.4 Å². The Hall–Kier alpha value is -2.47. The van der Waals surface area contributed by atoms with Gasteiger partial charge in [0.15, 0.2) is 0 Å². The maximum Gasteiger partial charge on any atom is 0.328 e. The highest BCUT2D eigenvalue weighted by atomic mass is 32.1. The van der Waals surface area contributed by atoms with Crippen molar-refractivity contribution in [1.82, 2.24) is 0 Å². The molecule has 2 aromatic rings. The molecular formula is C15H12FNO3S. The SMILES string of the molecule is Cc1ccsc1C(=O)Nc1ccc(C=CC(=O)O)cc1F. The van der Waals surface area contributed by atoms with Crippen LogP contribution in [0.2, 0.25) is 0 Å². The normalized spacial score (nSPS) is 10.8. The number of benzene rings is 1. The Morgan fingerprint density at radius 2 is 2.10 bits per heavy atom. The topological polar surface area (TPSA) is 66.4 Å². The van der Waals surface area contributed by atoms with Crippen molar-refractivity contribution >= 4 is 35.0 Å². The molecule has 0 radical (unpaired) electrons. The summed E-state index contributed by atoms with van der Waals surface area (Å²) in [6.07, 6.45) is 2.20.